The van der Waals surface area contributed by atoms with Crippen molar-refractivity contribution < 1.29 is 18.3 Å². The number of hydrogen-bond acceptors (Lipinski definition) is 3. The number of carboxylic acid groups (broad SMARTS) is 1. The van der Waals surface area contributed by atoms with Crippen LogP contribution in [0.4, 0.5) is 5.69 Å². The number of rotatable bonds is 4. The molecule has 0 aliphatic rings. The summed E-state index contributed by atoms with van der Waals surface area (Å²) < 4.78 is 24.8. The highest BCUT2D eigenvalue weighted by Crippen LogP contribution is 2.24. The van der Waals surface area contributed by atoms with Crippen molar-refractivity contribution in [3.05, 3.63) is 28.8 Å². The second-order valence-electron chi connectivity index (χ2n) is 3.01. The third-order valence-corrected chi connectivity index (χ3v) is 3.47. The van der Waals surface area contributed by atoms with E-state index in [0.717, 1.165) is 0 Å². The summed E-state index contributed by atoms with van der Waals surface area (Å²) in [7, 11) is -3.41. The lowest BCUT2D eigenvalue weighted by molar-refractivity contribution is 0.0697. The van der Waals surface area contributed by atoms with Crippen LogP contribution >= 0.6 is 11.6 Å². The number of aromatic carboxylic acids is 1. The van der Waals surface area contributed by atoms with E-state index in [4.69, 9.17) is 16.7 Å². The van der Waals surface area contributed by atoms with Crippen molar-refractivity contribution in [2.45, 2.75) is 6.92 Å². The van der Waals surface area contributed by atoms with Crippen LogP contribution in [-0.4, -0.2) is 25.2 Å². The highest BCUT2D eigenvalue weighted by atomic mass is 35.5. The Labute approximate surface area is 98.1 Å². The lowest BCUT2D eigenvalue weighted by atomic mass is 10.2. The van der Waals surface area contributed by atoms with Gasteiger partial charge in [0, 0.05) is 0 Å². The monoisotopic (exact) mass is 263 g/mol. The number of anilines is 1. The van der Waals surface area contributed by atoms with Gasteiger partial charge in [0.1, 0.15) is 0 Å². The summed E-state index contributed by atoms with van der Waals surface area (Å²) in [5, 5.41) is 8.73. The van der Waals surface area contributed by atoms with Gasteiger partial charge in [-0.15, -0.1) is 0 Å². The molecule has 0 saturated carbocycles. The largest absolute Gasteiger partial charge is 0.478 e. The first-order valence-corrected chi connectivity index (χ1v) is 6.42. The molecular weight excluding hydrogens is 254 g/mol. The molecule has 16 heavy (non-hydrogen) atoms. The number of carbonyl (C=O) groups is 1. The van der Waals surface area contributed by atoms with E-state index in [1.165, 1.54) is 25.1 Å². The van der Waals surface area contributed by atoms with Crippen molar-refractivity contribution >= 4 is 33.3 Å². The Morgan fingerprint density at radius 3 is 2.56 bits per heavy atom. The fraction of sp³-hybridized carbons (Fsp3) is 0.222. The molecule has 0 atom stereocenters. The summed E-state index contributed by atoms with van der Waals surface area (Å²) >= 11 is 5.75. The van der Waals surface area contributed by atoms with Gasteiger partial charge in [-0.05, 0) is 25.1 Å². The standard InChI is InChI=1S/C9H10ClNO4S/c1-2-16(14,15)11-8-4-3-6(9(12)13)5-7(8)10/h3-5,11H,2H2,1H3,(H,12,13). The lowest BCUT2D eigenvalue weighted by Gasteiger charge is -2.08. The van der Waals surface area contributed by atoms with Crippen molar-refractivity contribution in [2.75, 3.05) is 10.5 Å². The fourth-order valence-electron chi connectivity index (χ4n) is 0.971. The molecule has 0 spiro atoms. The Balaban J connectivity index is 3.05. The Morgan fingerprint density at radius 1 is 1.50 bits per heavy atom. The molecule has 0 heterocycles. The van der Waals surface area contributed by atoms with Crippen molar-refractivity contribution in [2.24, 2.45) is 0 Å². The Morgan fingerprint density at radius 2 is 2.12 bits per heavy atom. The summed E-state index contributed by atoms with van der Waals surface area (Å²) in [6.07, 6.45) is 0. The van der Waals surface area contributed by atoms with Crippen LogP contribution in [0.25, 0.3) is 0 Å². The molecule has 0 aliphatic heterocycles. The maximum atomic E-state index is 11.3. The number of benzene rings is 1. The van der Waals surface area contributed by atoms with Gasteiger partial charge >= 0.3 is 5.97 Å². The Kier molecular flexibility index (Phi) is 3.77. The number of sulfonamides is 1. The van der Waals surface area contributed by atoms with Gasteiger partial charge in [0.05, 0.1) is 22.0 Å². The average Bonchev–Trinajstić information content (AvgIpc) is 2.20. The van der Waals surface area contributed by atoms with Gasteiger partial charge in [0.2, 0.25) is 10.0 Å². The summed E-state index contributed by atoms with van der Waals surface area (Å²) in [4.78, 5) is 10.6. The molecule has 0 fully saturated rings. The molecule has 1 rings (SSSR count). The van der Waals surface area contributed by atoms with Crippen LogP contribution in [0.5, 0.6) is 0 Å². The van der Waals surface area contributed by atoms with Gasteiger partial charge in [0.25, 0.3) is 0 Å². The van der Waals surface area contributed by atoms with Crippen molar-refractivity contribution in [3.63, 3.8) is 0 Å². The maximum Gasteiger partial charge on any atom is 0.335 e. The second kappa shape index (κ2) is 4.71. The number of halogens is 1. The minimum absolute atomic E-state index is 0.00412. The predicted molar refractivity (Wildman–Crippen MR) is 61.5 cm³/mol. The number of carboxylic acids is 1. The maximum absolute atomic E-state index is 11.3. The third kappa shape index (κ3) is 3.11. The van der Waals surface area contributed by atoms with Crippen molar-refractivity contribution in [3.8, 4) is 0 Å². The number of nitrogens with one attached hydrogen (secondary N) is 1. The van der Waals surface area contributed by atoms with Gasteiger partial charge in [-0.2, -0.15) is 0 Å². The first-order valence-electron chi connectivity index (χ1n) is 4.39. The fourth-order valence-corrected chi connectivity index (χ4v) is 1.91. The zero-order valence-corrected chi connectivity index (χ0v) is 9.97. The summed E-state index contributed by atoms with van der Waals surface area (Å²) in [5.41, 5.74) is 0.179. The minimum atomic E-state index is -3.41. The molecule has 5 nitrogen and oxygen atoms in total. The van der Waals surface area contributed by atoms with E-state index in [-0.39, 0.29) is 22.0 Å². The summed E-state index contributed by atoms with van der Waals surface area (Å²) in [6, 6.07) is 3.79. The van der Waals surface area contributed by atoms with Crippen molar-refractivity contribution in [1.82, 2.24) is 0 Å². The number of hydrogen-bond donors (Lipinski definition) is 2. The van der Waals surface area contributed by atoms with E-state index in [0.29, 0.717) is 0 Å². The Hall–Kier alpha value is -1.27. The van der Waals surface area contributed by atoms with E-state index in [1.54, 1.807) is 0 Å². The quantitative estimate of drug-likeness (QED) is 0.868. The van der Waals surface area contributed by atoms with Gasteiger partial charge in [-0.1, -0.05) is 11.6 Å². The molecule has 0 aliphatic carbocycles. The zero-order valence-electron chi connectivity index (χ0n) is 8.40. The molecule has 1 aromatic rings. The van der Waals surface area contributed by atoms with Crippen LogP contribution < -0.4 is 4.72 Å². The van der Waals surface area contributed by atoms with Crippen LogP contribution in [0.15, 0.2) is 18.2 Å². The smallest absolute Gasteiger partial charge is 0.335 e. The van der Waals surface area contributed by atoms with Gasteiger partial charge in [-0.25, -0.2) is 13.2 Å². The van der Waals surface area contributed by atoms with Crippen LogP contribution in [-0.2, 0) is 10.0 Å². The SMILES string of the molecule is CCS(=O)(=O)Nc1ccc(C(=O)O)cc1Cl. The molecule has 2 N–H and O–H groups in total. The third-order valence-electron chi connectivity index (χ3n) is 1.86. The van der Waals surface area contributed by atoms with E-state index < -0.39 is 16.0 Å². The highest BCUT2D eigenvalue weighted by molar-refractivity contribution is 7.92. The van der Waals surface area contributed by atoms with Gasteiger partial charge < -0.3 is 5.11 Å². The summed E-state index contributed by atoms with van der Waals surface area (Å²) in [5.74, 6) is -1.20. The average molecular weight is 264 g/mol. The van der Waals surface area contributed by atoms with Crippen LogP contribution in [0.3, 0.4) is 0 Å². The zero-order chi connectivity index (χ0) is 12.3. The second-order valence-corrected chi connectivity index (χ2v) is 5.42. The molecular formula is C9H10ClNO4S. The first-order chi connectivity index (χ1) is 7.35. The van der Waals surface area contributed by atoms with Gasteiger partial charge in [-0.3, -0.25) is 4.72 Å². The van der Waals surface area contributed by atoms with E-state index >= 15 is 0 Å². The molecule has 0 bridgehead atoms. The molecule has 0 amide bonds. The van der Waals surface area contributed by atoms with Crippen LogP contribution in [0, 0.1) is 0 Å². The molecule has 0 aromatic heterocycles. The minimum Gasteiger partial charge on any atom is -0.478 e. The molecule has 0 saturated heterocycles. The normalized spacial score (nSPS) is 11.1. The van der Waals surface area contributed by atoms with Gasteiger partial charge in [0.15, 0.2) is 0 Å². The first kappa shape index (κ1) is 12.8. The molecule has 0 unspecified atom stereocenters. The predicted octanol–water partition coefficient (Wildman–Crippen LogP) is 1.80. The van der Waals surface area contributed by atoms with E-state index in [9.17, 15) is 13.2 Å². The molecule has 88 valence electrons. The van der Waals surface area contributed by atoms with Crippen LogP contribution in [0.1, 0.15) is 17.3 Å². The Bertz CT molecular complexity index is 512. The van der Waals surface area contributed by atoms with E-state index in [2.05, 4.69) is 4.72 Å². The van der Waals surface area contributed by atoms with E-state index in [1.807, 2.05) is 0 Å². The molecule has 0 radical (unpaired) electrons. The molecule has 7 heteroatoms. The topological polar surface area (TPSA) is 83.5 Å². The lowest BCUT2D eigenvalue weighted by Crippen LogP contribution is -2.15. The highest BCUT2D eigenvalue weighted by Gasteiger charge is 2.11. The van der Waals surface area contributed by atoms with Crippen molar-refractivity contribution in [1.29, 1.82) is 0 Å². The summed E-state index contributed by atoms with van der Waals surface area (Å²) in [6.45, 7) is 1.49. The van der Waals surface area contributed by atoms with Crippen LogP contribution in [0.2, 0.25) is 5.02 Å². The molecule has 1 aromatic carbocycles.